The number of anilines is 2. The molecule has 0 spiro atoms. The molecule has 2 heterocycles. The lowest BCUT2D eigenvalue weighted by Gasteiger charge is -2.35. The Labute approximate surface area is 169 Å². The summed E-state index contributed by atoms with van der Waals surface area (Å²) in [5.74, 6) is 0.436. The van der Waals surface area contributed by atoms with Gasteiger partial charge >= 0.3 is 0 Å². The van der Waals surface area contributed by atoms with E-state index < -0.39 is 0 Å². The molecule has 2 aromatic carbocycles. The predicted octanol–water partition coefficient (Wildman–Crippen LogP) is 3.19. The first-order chi connectivity index (χ1) is 14.2. The van der Waals surface area contributed by atoms with Crippen LogP contribution in [-0.4, -0.2) is 47.2 Å². The maximum Gasteiger partial charge on any atom is 0.256 e. The fourth-order valence-electron chi connectivity index (χ4n) is 3.33. The van der Waals surface area contributed by atoms with Gasteiger partial charge in [-0.15, -0.1) is 10.2 Å². The van der Waals surface area contributed by atoms with E-state index >= 15 is 0 Å². The fourth-order valence-corrected chi connectivity index (χ4v) is 3.33. The minimum Gasteiger partial charge on any atom is -0.353 e. The number of hydrogen-bond acceptors (Lipinski definition) is 5. The van der Waals surface area contributed by atoms with Gasteiger partial charge in [0.15, 0.2) is 11.6 Å². The first-order valence-electron chi connectivity index (χ1n) is 9.59. The van der Waals surface area contributed by atoms with Gasteiger partial charge < -0.3 is 10.2 Å². The molecular formula is C22H22FN5O. The van der Waals surface area contributed by atoms with Crippen molar-refractivity contribution in [3.63, 3.8) is 0 Å². The van der Waals surface area contributed by atoms with Gasteiger partial charge in [-0.25, -0.2) is 4.39 Å². The van der Waals surface area contributed by atoms with Crippen LogP contribution in [0.15, 0.2) is 66.7 Å². The Balaban J connectivity index is 1.30. The first-order valence-corrected chi connectivity index (χ1v) is 9.59. The molecule has 1 saturated heterocycles. The highest BCUT2D eigenvalue weighted by Crippen LogP contribution is 2.16. The molecule has 4 rings (SSSR count). The van der Waals surface area contributed by atoms with Gasteiger partial charge in [-0.3, -0.25) is 9.69 Å². The van der Waals surface area contributed by atoms with Gasteiger partial charge in [0.1, 0.15) is 5.82 Å². The summed E-state index contributed by atoms with van der Waals surface area (Å²) in [6.07, 6.45) is 0. The second-order valence-electron chi connectivity index (χ2n) is 6.99. The van der Waals surface area contributed by atoms with Gasteiger partial charge in [-0.05, 0) is 42.0 Å². The third kappa shape index (κ3) is 4.94. The summed E-state index contributed by atoms with van der Waals surface area (Å²) in [5, 5.41) is 11.0. The number of benzene rings is 2. The largest absolute Gasteiger partial charge is 0.353 e. The zero-order valence-corrected chi connectivity index (χ0v) is 16.0. The second-order valence-corrected chi connectivity index (χ2v) is 6.99. The Kier molecular flexibility index (Phi) is 5.76. The zero-order valence-electron chi connectivity index (χ0n) is 16.0. The molecular weight excluding hydrogens is 369 g/mol. The van der Waals surface area contributed by atoms with E-state index in [1.54, 1.807) is 6.07 Å². The van der Waals surface area contributed by atoms with Crippen LogP contribution in [0.4, 0.5) is 16.0 Å². The zero-order chi connectivity index (χ0) is 20.1. The Hall–Kier alpha value is -3.32. The van der Waals surface area contributed by atoms with E-state index in [2.05, 4.69) is 49.6 Å². The van der Waals surface area contributed by atoms with Crippen LogP contribution in [0.25, 0.3) is 0 Å². The first kappa shape index (κ1) is 19.0. The number of amides is 1. The van der Waals surface area contributed by atoms with Crippen LogP contribution in [0.1, 0.15) is 15.9 Å². The van der Waals surface area contributed by atoms with E-state index in [1.165, 1.54) is 29.8 Å². The molecule has 0 saturated carbocycles. The minimum atomic E-state index is -0.380. The topological polar surface area (TPSA) is 61.4 Å². The maximum absolute atomic E-state index is 13.0. The molecule has 148 valence electrons. The fraction of sp³-hybridized carbons (Fsp3) is 0.227. The summed E-state index contributed by atoms with van der Waals surface area (Å²) in [6.45, 7) is 4.62. The molecule has 0 unspecified atom stereocenters. The number of nitrogens with zero attached hydrogens (tertiary/aromatic N) is 4. The van der Waals surface area contributed by atoms with E-state index in [1.807, 2.05) is 12.1 Å². The summed E-state index contributed by atoms with van der Waals surface area (Å²) < 4.78 is 13.0. The Morgan fingerprint density at radius 3 is 2.28 bits per heavy atom. The molecule has 0 bridgehead atoms. The van der Waals surface area contributed by atoms with Crippen molar-refractivity contribution in [2.75, 3.05) is 36.4 Å². The van der Waals surface area contributed by atoms with E-state index in [4.69, 9.17) is 0 Å². The van der Waals surface area contributed by atoms with Crippen LogP contribution >= 0.6 is 0 Å². The molecule has 1 aliphatic heterocycles. The number of carbonyl (C=O) groups is 1. The van der Waals surface area contributed by atoms with Crippen LogP contribution in [-0.2, 0) is 6.54 Å². The molecule has 6 nitrogen and oxygen atoms in total. The molecule has 0 atom stereocenters. The summed E-state index contributed by atoms with van der Waals surface area (Å²) in [5.41, 5.74) is 1.69. The molecule has 29 heavy (non-hydrogen) atoms. The Morgan fingerprint density at radius 2 is 1.62 bits per heavy atom. The molecule has 0 radical (unpaired) electrons. The van der Waals surface area contributed by atoms with Crippen molar-refractivity contribution in [3.8, 4) is 0 Å². The number of nitrogens with one attached hydrogen (secondary N) is 1. The summed E-state index contributed by atoms with van der Waals surface area (Å²) >= 11 is 0. The van der Waals surface area contributed by atoms with Gasteiger partial charge in [-0.1, -0.05) is 30.3 Å². The number of halogens is 1. The molecule has 0 aliphatic carbocycles. The lowest BCUT2D eigenvalue weighted by Crippen LogP contribution is -2.46. The number of hydrogen-bond donors (Lipinski definition) is 1. The average Bonchev–Trinajstić information content (AvgIpc) is 2.76. The Morgan fingerprint density at radius 1 is 0.897 bits per heavy atom. The van der Waals surface area contributed by atoms with Gasteiger partial charge in [-0.2, -0.15) is 0 Å². The highest BCUT2D eigenvalue weighted by molar-refractivity contribution is 6.03. The second kappa shape index (κ2) is 8.79. The van der Waals surface area contributed by atoms with Crippen molar-refractivity contribution >= 4 is 17.5 Å². The number of piperazine rings is 1. The summed E-state index contributed by atoms with van der Waals surface area (Å²) in [4.78, 5) is 16.8. The van der Waals surface area contributed by atoms with Crippen LogP contribution in [0.2, 0.25) is 0 Å². The summed E-state index contributed by atoms with van der Waals surface area (Å²) in [7, 11) is 0. The molecule has 1 aromatic heterocycles. The number of rotatable bonds is 5. The van der Waals surface area contributed by atoms with Crippen LogP contribution < -0.4 is 10.2 Å². The smallest absolute Gasteiger partial charge is 0.256 e. The van der Waals surface area contributed by atoms with Crippen molar-refractivity contribution in [2.24, 2.45) is 0 Å². The van der Waals surface area contributed by atoms with Gasteiger partial charge in [0.05, 0.1) is 0 Å². The SMILES string of the molecule is O=C(Nc1ccc(N2CCN(Cc3ccccc3)CC2)nn1)c1ccc(F)cc1. The van der Waals surface area contributed by atoms with Crippen LogP contribution in [0.5, 0.6) is 0 Å². The maximum atomic E-state index is 13.0. The quantitative estimate of drug-likeness (QED) is 0.724. The van der Waals surface area contributed by atoms with E-state index in [0.717, 1.165) is 38.5 Å². The van der Waals surface area contributed by atoms with Gasteiger partial charge in [0.25, 0.3) is 5.91 Å². The summed E-state index contributed by atoms with van der Waals surface area (Å²) in [6, 6.07) is 19.4. The van der Waals surface area contributed by atoms with E-state index in [-0.39, 0.29) is 11.7 Å². The molecule has 1 fully saturated rings. The van der Waals surface area contributed by atoms with Crippen molar-refractivity contribution < 1.29 is 9.18 Å². The highest BCUT2D eigenvalue weighted by atomic mass is 19.1. The number of carbonyl (C=O) groups excluding carboxylic acids is 1. The highest BCUT2D eigenvalue weighted by Gasteiger charge is 2.18. The molecule has 1 amide bonds. The normalized spacial score (nSPS) is 14.6. The van der Waals surface area contributed by atoms with Crippen molar-refractivity contribution in [1.29, 1.82) is 0 Å². The van der Waals surface area contributed by atoms with Crippen molar-refractivity contribution in [1.82, 2.24) is 15.1 Å². The van der Waals surface area contributed by atoms with Crippen molar-refractivity contribution in [2.45, 2.75) is 6.54 Å². The third-order valence-corrected chi connectivity index (χ3v) is 4.94. The predicted molar refractivity (Wildman–Crippen MR) is 110 cm³/mol. The number of aromatic nitrogens is 2. The molecule has 7 heteroatoms. The lowest BCUT2D eigenvalue weighted by atomic mass is 10.2. The molecule has 3 aromatic rings. The van der Waals surface area contributed by atoms with Gasteiger partial charge in [0.2, 0.25) is 0 Å². The minimum absolute atomic E-state index is 0.346. The monoisotopic (exact) mass is 391 g/mol. The van der Waals surface area contributed by atoms with Crippen molar-refractivity contribution in [3.05, 3.63) is 83.7 Å². The Bertz CT molecular complexity index is 939. The lowest BCUT2D eigenvalue weighted by molar-refractivity contribution is 0.102. The standard InChI is InChI=1S/C22H22FN5O/c23-19-8-6-18(7-9-19)22(29)24-20-10-11-21(26-25-20)28-14-12-27(13-15-28)16-17-4-2-1-3-5-17/h1-11H,12-16H2,(H,24,25,29). The van der Waals surface area contributed by atoms with Crippen LogP contribution in [0, 0.1) is 5.82 Å². The van der Waals surface area contributed by atoms with Crippen LogP contribution in [0.3, 0.4) is 0 Å². The average molecular weight is 391 g/mol. The third-order valence-electron chi connectivity index (χ3n) is 4.94. The molecule has 1 aliphatic rings. The van der Waals surface area contributed by atoms with Gasteiger partial charge in [0, 0.05) is 38.3 Å². The van der Waals surface area contributed by atoms with E-state index in [9.17, 15) is 9.18 Å². The van der Waals surface area contributed by atoms with E-state index in [0.29, 0.717) is 11.4 Å². The molecule has 1 N–H and O–H groups in total.